The number of hydrogen-bond acceptors (Lipinski definition) is 4. The summed E-state index contributed by atoms with van der Waals surface area (Å²) in [5.74, 6) is 0. The van der Waals surface area contributed by atoms with Crippen molar-refractivity contribution < 1.29 is 16.8 Å². The fourth-order valence-corrected chi connectivity index (χ4v) is 7.11. The molecule has 0 aliphatic carbocycles. The highest BCUT2D eigenvalue weighted by Crippen LogP contribution is 2.36. The van der Waals surface area contributed by atoms with Crippen molar-refractivity contribution in [1.29, 1.82) is 0 Å². The van der Waals surface area contributed by atoms with E-state index in [-0.39, 0.29) is 0 Å². The molecule has 0 spiro atoms. The number of halogens is 2. The molecule has 0 saturated heterocycles. The van der Waals surface area contributed by atoms with Crippen molar-refractivity contribution >= 4 is 64.9 Å². The summed E-state index contributed by atoms with van der Waals surface area (Å²) in [4.78, 5) is 0.805. The van der Waals surface area contributed by atoms with Gasteiger partial charge in [0.2, 0.25) is 0 Å². The lowest BCUT2D eigenvalue weighted by Gasteiger charge is -2.15. The monoisotopic (exact) mass is 772 g/mol. The number of benzene rings is 4. The van der Waals surface area contributed by atoms with E-state index in [0.29, 0.717) is 9.79 Å². The highest BCUT2D eigenvalue weighted by atomic mass is 127. The van der Waals surface area contributed by atoms with E-state index < -0.39 is 19.7 Å². The lowest BCUT2D eigenvalue weighted by molar-refractivity contribution is 0.600. The van der Waals surface area contributed by atoms with E-state index in [9.17, 15) is 16.8 Å². The largest absolute Gasteiger partial charge is 0.224 e. The van der Waals surface area contributed by atoms with Crippen molar-refractivity contribution in [2.45, 2.75) is 37.5 Å². The Balaban J connectivity index is 0.000000211. The summed E-state index contributed by atoms with van der Waals surface area (Å²) in [5, 5.41) is 0. The first-order chi connectivity index (χ1) is 17.6. The van der Waals surface area contributed by atoms with Gasteiger partial charge in [0, 0.05) is 30.8 Å². The van der Waals surface area contributed by atoms with Gasteiger partial charge in [-0.25, -0.2) is 16.8 Å². The van der Waals surface area contributed by atoms with Crippen LogP contribution >= 0.6 is 45.2 Å². The normalized spacial score (nSPS) is 11.6. The zero-order valence-corrected chi connectivity index (χ0v) is 28.1. The van der Waals surface area contributed by atoms with E-state index in [1.807, 2.05) is 88.4 Å². The first-order valence-corrected chi connectivity index (χ1v) is 17.7. The van der Waals surface area contributed by atoms with Gasteiger partial charge in [-0.15, -0.1) is 0 Å². The van der Waals surface area contributed by atoms with E-state index in [4.69, 9.17) is 0 Å². The average Bonchev–Trinajstić information content (AvgIpc) is 2.82. The molecule has 8 heteroatoms. The molecule has 4 nitrogen and oxygen atoms in total. The summed E-state index contributed by atoms with van der Waals surface area (Å²) in [5.41, 5.74) is 7.81. The molecule has 38 heavy (non-hydrogen) atoms. The Labute approximate surface area is 254 Å². The molecule has 0 amide bonds. The molecule has 4 rings (SSSR count). The predicted molar refractivity (Wildman–Crippen MR) is 174 cm³/mol. The van der Waals surface area contributed by atoms with Crippen LogP contribution in [-0.2, 0) is 19.7 Å². The lowest BCUT2D eigenvalue weighted by atomic mass is 9.97. The van der Waals surface area contributed by atoms with E-state index in [2.05, 4.69) is 45.2 Å². The second-order valence-corrected chi connectivity index (χ2v) is 15.6. The van der Waals surface area contributed by atoms with E-state index >= 15 is 0 Å². The number of sulfone groups is 2. The molecule has 0 aliphatic rings. The second kappa shape index (κ2) is 12.2. The predicted octanol–water partition coefficient (Wildman–Crippen LogP) is 7.96. The molecule has 200 valence electrons. The fourth-order valence-electron chi connectivity index (χ4n) is 4.32. The van der Waals surface area contributed by atoms with Crippen LogP contribution in [0, 0.1) is 34.8 Å². The maximum Gasteiger partial charge on any atom is 0.176 e. The Bertz CT molecular complexity index is 1600. The third kappa shape index (κ3) is 6.86. The second-order valence-electron chi connectivity index (χ2n) is 9.27. The van der Waals surface area contributed by atoms with Gasteiger partial charge in [-0.05, 0) is 131 Å². The molecule has 0 radical (unpaired) electrons. The highest BCUT2D eigenvalue weighted by molar-refractivity contribution is 14.1. The Morgan fingerprint density at radius 2 is 0.816 bits per heavy atom. The van der Waals surface area contributed by atoms with E-state index in [1.54, 1.807) is 12.1 Å². The summed E-state index contributed by atoms with van der Waals surface area (Å²) >= 11 is 4.48. The van der Waals surface area contributed by atoms with Gasteiger partial charge in [-0.1, -0.05) is 48.5 Å². The zero-order chi connectivity index (χ0) is 28.4. The van der Waals surface area contributed by atoms with Crippen LogP contribution in [0.2, 0.25) is 0 Å². The molecule has 0 fully saturated rings. The highest BCUT2D eigenvalue weighted by Gasteiger charge is 2.20. The molecule has 0 aromatic heterocycles. The minimum atomic E-state index is -3.24. The van der Waals surface area contributed by atoms with Crippen molar-refractivity contribution in [1.82, 2.24) is 0 Å². The van der Waals surface area contributed by atoms with Gasteiger partial charge < -0.3 is 0 Å². The summed E-state index contributed by atoms with van der Waals surface area (Å²) in [6, 6.07) is 22.9. The number of rotatable bonds is 4. The van der Waals surface area contributed by atoms with Gasteiger partial charge in [0.15, 0.2) is 19.7 Å². The van der Waals surface area contributed by atoms with Crippen molar-refractivity contribution in [2.75, 3.05) is 12.5 Å². The van der Waals surface area contributed by atoms with Crippen molar-refractivity contribution in [2.24, 2.45) is 0 Å². The molecule has 0 N–H and O–H groups in total. The fraction of sp³-hybridized carbons (Fsp3) is 0.200. The minimum absolute atomic E-state index is 0.403. The van der Waals surface area contributed by atoms with Crippen LogP contribution < -0.4 is 0 Å². The van der Waals surface area contributed by atoms with Gasteiger partial charge in [0.25, 0.3) is 0 Å². The van der Waals surface area contributed by atoms with Crippen LogP contribution in [0.3, 0.4) is 0 Å². The van der Waals surface area contributed by atoms with Gasteiger partial charge in [0.05, 0.1) is 9.79 Å². The maximum atomic E-state index is 12.0. The van der Waals surface area contributed by atoms with Crippen LogP contribution in [-0.4, -0.2) is 29.3 Å². The molecular formula is C30H30I2O4S2. The molecular weight excluding hydrogens is 742 g/mol. The lowest BCUT2D eigenvalue weighted by Crippen LogP contribution is -2.03. The quantitative estimate of drug-likeness (QED) is 0.198. The molecule has 4 aromatic carbocycles. The van der Waals surface area contributed by atoms with E-state index in [0.717, 1.165) is 51.6 Å². The molecule has 4 aromatic rings. The molecule has 0 heterocycles. The maximum absolute atomic E-state index is 12.0. The van der Waals surface area contributed by atoms with Crippen molar-refractivity contribution in [3.8, 4) is 22.3 Å². The van der Waals surface area contributed by atoms with Crippen LogP contribution in [0.4, 0.5) is 0 Å². The Morgan fingerprint density at radius 1 is 0.500 bits per heavy atom. The Hall–Kier alpha value is -1.76. The van der Waals surface area contributed by atoms with Crippen molar-refractivity contribution in [3.63, 3.8) is 0 Å². The third-order valence-electron chi connectivity index (χ3n) is 6.35. The Kier molecular flexibility index (Phi) is 9.87. The van der Waals surface area contributed by atoms with Crippen LogP contribution in [0.1, 0.15) is 22.3 Å². The molecule has 0 aliphatic heterocycles. The summed E-state index contributed by atoms with van der Waals surface area (Å²) in [6.45, 7) is 7.94. The van der Waals surface area contributed by atoms with Gasteiger partial charge in [0.1, 0.15) is 0 Å². The summed E-state index contributed by atoms with van der Waals surface area (Å²) in [6.07, 6.45) is 2.52. The summed E-state index contributed by atoms with van der Waals surface area (Å²) < 4.78 is 50.1. The van der Waals surface area contributed by atoms with Gasteiger partial charge in [-0.2, -0.15) is 0 Å². The van der Waals surface area contributed by atoms with Crippen LogP contribution in [0.5, 0.6) is 0 Å². The number of aryl methyl sites for hydroxylation is 2. The van der Waals surface area contributed by atoms with Crippen LogP contribution in [0.25, 0.3) is 22.3 Å². The van der Waals surface area contributed by atoms with E-state index in [1.165, 1.54) is 12.5 Å². The summed E-state index contributed by atoms with van der Waals surface area (Å²) in [7, 11) is -6.48. The molecule has 0 unspecified atom stereocenters. The number of hydrogen-bond donors (Lipinski definition) is 0. The SMILES string of the molecule is Cc1ccccc1-c1c(S(C)(=O)=O)ccc(I)c1C.Cc1ccccc1-c1c(S(C)(=O)=O)ccc(I)c1C. The van der Waals surface area contributed by atoms with Crippen LogP contribution in [0.15, 0.2) is 82.6 Å². The first-order valence-electron chi connectivity index (χ1n) is 11.7. The van der Waals surface area contributed by atoms with Crippen molar-refractivity contribution in [3.05, 3.63) is 102 Å². The smallest absolute Gasteiger partial charge is 0.176 e. The average molecular weight is 773 g/mol. The molecule has 0 saturated carbocycles. The molecule has 0 atom stereocenters. The molecule has 0 bridgehead atoms. The third-order valence-corrected chi connectivity index (χ3v) is 11.0. The zero-order valence-electron chi connectivity index (χ0n) is 22.1. The topological polar surface area (TPSA) is 68.3 Å². The standard InChI is InChI=1S/2C15H15IO2S/c2*1-10-6-4-5-7-12(10)15-11(2)13(16)8-9-14(15)19(3,17)18/h2*4-9H,1-3H3. The van der Waals surface area contributed by atoms with Gasteiger partial charge in [-0.3, -0.25) is 0 Å². The Morgan fingerprint density at radius 3 is 1.11 bits per heavy atom. The van der Waals surface area contributed by atoms with Gasteiger partial charge >= 0.3 is 0 Å². The minimum Gasteiger partial charge on any atom is -0.224 e. The first kappa shape index (κ1) is 30.8.